The number of rotatable bonds is 10. The molecule has 1 rings (SSSR count). The summed E-state index contributed by atoms with van der Waals surface area (Å²) in [4.78, 5) is 0. The summed E-state index contributed by atoms with van der Waals surface area (Å²) in [7, 11) is -2.85. The largest absolute Gasteiger partial charge is 0.317 e. The van der Waals surface area contributed by atoms with E-state index in [-0.39, 0.29) is 5.75 Å². The molecule has 0 saturated heterocycles. The van der Waals surface area contributed by atoms with E-state index in [1.165, 1.54) is 5.56 Å². The summed E-state index contributed by atoms with van der Waals surface area (Å²) in [5, 5.41) is 4.11. The van der Waals surface area contributed by atoms with Crippen LogP contribution in [0.25, 0.3) is 0 Å². The van der Waals surface area contributed by atoms with Gasteiger partial charge in [0.15, 0.2) is 0 Å². The van der Waals surface area contributed by atoms with Crippen LogP contribution in [0.1, 0.15) is 32.3 Å². The molecule has 0 aliphatic carbocycles. The van der Waals surface area contributed by atoms with Gasteiger partial charge in [0.05, 0.1) is 5.75 Å². The van der Waals surface area contributed by atoms with Crippen molar-refractivity contribution in [3.63, 3.8) is 0 Å². The monoisotopic (exact) mass is 331 g/mol. The fourth-order valence-corrected chi connectivity index (χ4v) is 3.34. The normalized spacial score (nSPS) is 13.3. The molecule has 0 fully saturated rings. The van der Waals surface area contributed by atoms with E-state index in [9.17, 15) is 8.42 Å². The third-order valence-corrected chi connectivity index (χ3v) is 5.67. The van der Waals surface area contributed by atoms with Crippen LogP contribution in [-0.2, 0) is 16.3 Å². The molecule has 120 valence electrons. The van der Waals surface area contributed by atoms with Gasteiger partial charge in [-0.25, -0.2) is 8.42 Å². The minimum absolute atomic E-state index is 0.238. The first-order chi connectivity index (χ1) is 9.96. The van der Waals surface area contributed by atoms with E-state index in [1.807, 2.05) is 24.3 Å². The van der Waals surface area contributed by atoms with Crippen molar-refractivity contribution in [3.05, 3.63) is 34.9 Å². The number of hydrogen-bond acceptors (Lipinski definition) is 3. The Hall–Kier alpha value is -0.580. The predicted molar refractivity (Wildman–Crippen MR) is 90.8 cm³/mol. The molecular formula is C16H26ClNO2S. The molecule has 0 saturated carbocycles. The van der Waals surface area contributed by atoms with Crippen molar-refractivity contribution in [1.82, 2.24) is 5.32 Å². The highest BCUT2D eigenvalue weighted by molar-refractivity contribution is 7.91. The molecule has 1 aromatic carbocycles. The molecule has 1 N–H and O–H groups in total. The van der Waals surface area contributed by atoms with E-state index in [0.29, 0.717) is 11.7 Å². The second kappa shape index (κ2) is 9.44. The Balaban J connectivity index is 2.52. The van der Waals surface area contributed by atoms with Crippen molar-refractivity contribution >= 4 is 21.4 Å². The van der Waals surface area contributed by atoms with Gasteiger partial charge >= 0.3 is 0 Å². The SMILES string of the molecule is CCNCC(CCCS(=O)(=O)CC)Cc1ccc(Cl)cc1. The lowest BCUT2D eigenvalue weighted by Crippen LogP contribution is -2.24. The molecule has 1 unspecified atom stereocenters. The van der Waals surface area contributed by atoms with Gasteiger partial charge in [-0.05, 0) is 56.0 Å². The van der Waals surface area contributed by atoms with Gasteiger partial charge in [-0.1, -0.05) is 37.6 Å². The van der Waals surface area contributed by atoms with Crippen LogP contribution in [0.2, 0.25) is 5.02 Å². The second-order valence-corrected chi connectivity index (χ2v) is 8.29. The molecule has 5 heteroatoms. The van der Waals surface area contributed by atoms with Crippen LogP contribution in [-0.4, -0.2) is 33.0 Å². The highest BCUT2D eigenvalue weighted by Crippen LogP contribution is 2.17. The lowest BCUT2D eigenvalue weighted by atomic mass is 9.95. The Morgan fingerprint density at radius 1 is 1.19 bits per heavy atom. The van der Waals surface area contributed by atoms with E-state index >= 15 is 0 Å². The van der Waals surface area contributed by atoms with Crippen molar-refractivity contribution in [2.45, 2.75) is 33.1 Å². The maximum atomic E-state index is 11.6. The van der Waals surface area contributed by atoms with Gasteiger partial charge in [0.25, 0.3) is 0 Å². The van der Waals surface area contributed by atoms with Crippen molar-refractivity contribution < 1.29 is 8.42 Å². The molecule has 0 radical (unpaired) electrons. The first kappa shape index (κ1) is 18.5. The van der Waals surface area contributed by atoms with E-state index < -0.39 is 9.84 Å². The average molecular weight is 332 g/mol. The Morgan fingerprint density at radius 3 is 2.43 bits per heavy atom. The summed E-state index contributed by atoms with van der Waals surface area (Å²) < 4.78 is 23.1. The number of hydrogen-bond donors (Lipinski definition) is 1. The summed E-state index contributed by atoms with van der Waals surface area (Å²) in [6.07, 6.45) is 2.62. The van der Waals surface area contributed by atoms with Gasteiger partial charge < -0.3 is 5.32 Å². The van der Waals surface area contributed by atoms with Gasteiger partial charge in [-0.3, -0.25) is 0 Å². The zero-order valence-electron chi connectivity index (χ0n) is 12.9. The van der Waals surface area contributed by atoms with Crippen LogP contribution in [0.3, 0.4) is 0 Å². The zero-order chi connectivity index (χ0) is 15.7. The molecule has 0 aliphatic rings. The van der Waals surface area contributed by atoms with Crippen LogP contribution < -0.4 is 5.32 Å². The molecule has 0 heterocycles. The third-order valence-electron chi connectivity index (χ3n) is 3.63. The van der Waals surface area contributed by atoms with Gasteiger partial charge in [-0.2, -0.15) is 0 Å². The van der Waals surface area contributed by atoms with Crippen molar-refractivity contribution in [2.75, 3.05) is 24.6 Å². The van der Waals surface area contributed by atoms with E-state index in [4.69, 9.17) is 11.6 Å². The smallest absolute Gasteiger partial charge is 0.150 e. The maximum absolute atomic E-state index is 11.6. The molecule has 21 heavy (non-hydrogen) atoms. The first-order valence-corrected chi connectivity index (χ1v) is 9.82. The van der Waals surface area contributed by atoms with Gasteiger partial charge in [0.1, 0.15) is 9.84 Å². The topological polar surface area (TPSA) is 46.2 Å². The third kappa shape index (κ3) is 7.84. The lowest BCUT2D eigenvalue weighted by molar-refractivity contribution is 0.444. The summed E-state index contributed by atoms with van der Waals surface area (Å²) in [5.74, 6) is 0.993. The van der Waals surface area contributed by atoms with Crippen molar-refractivity contribution in [2.24, 2.45) is 5.92 Å². The number of nitrogens with one attached hydrogen (secondary N) is 1. The minimum atomic E-state index is -2.85. The van der Waals surface area contributed by atoms with Gasteiger partial charge in [0, 0.05) is 10.8 Å². The maximum Gasteiger partial charge on any atom is 0.150 e. The fourth-order valence-electron chi connectivity index (χ4n) is 2.31. The summed E-state index contributed by atoms with van der Waals surface area (Å²) in [6, 6.07) is 7.90. The Labute approximate surface area is 134 Å². The lowest BCUT2D eigenvalue weighted by Gasteiger charge is -2.17. The summed E-state index contributed by atoms with van der Waals surface area (Å²) in [6.45, 7) is 5.65. The molecule has 1 atom stereocenters. The Kier molecular flexibility index (Phi) is 8.30. The van der Waals surface area contributed by atoms with Gasteiger partial charge in [0.2, 0.25) is 0 Å². The molecule has 0 spiro atoms. The van der Waals surface area contributed by atoms with E-state index in [1.54, 1.807) is 6.92 Å². The molecule has 0 aliphatic heterocycles. The zero-order valence-corrected chi connectivity index (χ0v) is 14.5. The molecule has 0 aromatic heterocycles. The number of benzene rings is 1. The number of sulfone groups is 1. The van der Waals surface area contributed by atoms with Crippen LogP contribution in [0.15, 0.2) is 24.3 Å². The first-order valence-electron chi connectivity index (χ1n) is 7.62. The Bertz CT molecular complexity index is 500. The molecule has 3 nitrogen and oxygen atoms in total. The fraction of sp³-hybridized carbons (Fsp3) is 0.625. The van der Waals surface area contributed by atoms with Gasteiger partial charge in [-0.15, -0.1) is 0 Å². The molecule has 1 aromatic rings. The highest BCUT2D eigenvalue weighted by atomic mass is 35.5. The predicted octanol–water partition coefficient (Wildman–Crippen LogP) is 3.32. The van der Waals surface area contributed by atoms with E-state index in [0.717, 1.165) is 37.4 Å². The highest BCUT2D eigenvalue weighted by Gasteiger charge is 2.13. The second-order valence-electron chi connectivity index (χ2n) is 5.38. The average Bonchev–Trinajstić information content (AvgIpc) is 2.46. The summed E-state index contributed by atoms with van der Waals surface area (Å²) in [5.41, 5.74) is 1.25. The van der Waals surface area contributed by atoms with Crippen LogP contribution in [0, 0.1) is 5.92 Å². The standard InChI is InChI=1S/C16H26ClNO2S/c1-3-18-13-15(6-5-11-21(19,20)4-2)12-14-7-9-16(17)10-8-14/h7-10,15,18H,3-6,11-13H2,1-2H3. The van der Waals surface area contributed by atoms with Crippen LogP contribution in [0.4, 0.5) is 0 Å². The minimum Gasteiger partial charge on any atom is -0.317 e. The Morgan fingerprint density at radius 2 is 1.86 bits per heavy atom. The van der Waals surface area contributed by atoms with Crippen molar-refractivity contribution in [1.29, 1.82) is 0 Å². The quantitative estimate of drug-likeness (QED) is 0.715. The van der Waals surface area contributed by atoms with Crippen LogP contribution >= 0.6 is 11.6 Å². The number of halogens is 1. The van der Waals surface area contributed by atoms with E-state index in [2.05, 4.69) is 12.2 Å². The molecular weight excluding hydrogens is 306 g/mol. The molecule has 0 amide bonds. The van der Waals surface area contributed by atoms with Crippen molar-refractivity contribution in [3.8, 4) is 0 Å². The summed E-state index contributed by atoms with van der Waals surface area (Å²) >= 11 is 5.90. The van der Waals surface area contributed by atoms with Crippen LogP contribution in [0.5, 0.6) is 0 Å². The molecule has 0 bridgehead atoms.